The van der Waals surface area contributed by atoms with Gasteiger partial charge in [0.05, 0.1) is 7.11 Å². The van der Waals surface area contributed by atoms with E-state index in [0.29, 0.717) is 12.1 Å². The molecule has 0 spiro atoms. The molecule has 1 aliphatic rings. The molecule has 2 unspecified atom stereocenters. The number of benzene rings is 1. The van der Waals surface area contributed by atoms with Crippen LogP contribution < -0.4 is 15.0 Å². The van der Waals surface area contributed by atoms with Gasteiger partial charge in [0.1, 0.15) is 5.75 Å². The van der Waals surface area contributed by atoms with Gasteiger partial charge in [-0.3, -0.25) is 0 Å². The number of methoxy groups -OCH3 is 1. The lowest BCUT2D eigenvalue weighted by atomic mass is 9.99. The van der Waals surface area contributed by atoms with Crippen molar-refractivity contribution in [3.05, 3.63) is 24.3 Å². The number of hydrogen-bond donors (Lipinski definition) is 1. The molecule has 1 heterocycles. The Labute approximate surface area is 116 Å². The lowest BCUT2D eigenvalue weighted by Gasteiger charge is -2.41. The zero-order chi connectivity index (χ0) is 13.8. The summed E-state index contributed by atoms with van der Waals surface area (Å²) in [5, 5.41) is 3.66. The summed E-state index contributed by atoms with van der Waals surface area (Å²) in [4.78, 5) is 2.50. The van der Waals surface area contributed by atoms with Gasteiger partial charge < -0.3 is 15.0 Å². The number of nitrogens with one attached hydrogen (secondary N) is 1. The van der Waals surface area contributed by atoms with E-state index in [0.717, 1.165) is 24.8 Å². The molecule has 2 atom stereocenters. The topological polar surface area (TPSA) is 24.5 Å². The zero-order valence-corrected chi connectivity index (χ0v) is 12.5. The Hall–Kier alpha value is -1.22. The van der Waals surface area contributed by atoms with Crippen LogP contribution in [0.1, 0.15) is 27.2 Å². The van der Waals surface area contributed by atoms with Crippen LogP contribution in [-0.2, 0) is 0 Å². The van der Waals surface area contributed by atoms with Gasteiger partial charge in [-0.2, -0.15) is 0 Å². The lowest BCUT2D eigenvalue weighted by Crippen LogP contribution is -2.55. The second-order valence-corrected chi connectivity index (χ2v) is 5.93. The maximum absolute atomic E-state index is 5.23. The quantitative estimate of drug-likeness (QED) is 0.903. The van der Waals surface area contributed by atoms with Gasteiger partial charge >= 0.3 is 0 Å². The average molecular weight is 262 g/mol. The van der Waals surface area contributed by atoms with Gasteiger partial charge in [-0.05, 0) is 43.5 Å². The Morgan fingerprint density at radius 2 is 2.00 bits per heavy atom. The maximum Gasteiger partial charge on any atom is 0.119 e. The van der Waals surface area contributed by atoms with Crippen LogP contribution in [0.3, 0.4) is 0 Å². The fourth-order valence-corrected chi connectivity index (χ4v) is 2.79. The molecule has 3 heteroatoms. The normalized spacial score (nSPS) is 23.7. The molecule has 106 valence electrons. The minimum absolute atomic E-state index is 0.539. The molecule has 0 aliphatic carbocycles. The molecule has 0 amide bonds. The highest BCUT2D eigenvalue weighted by atomic mass is 16.5. The van der Waals surface area contributed by atoms with Crippen LogP contribution in [0.25, 0.3) is 0 Å². The fraction of sp³-hybridized carbons (Fsp3) is 0.625. The molecular formula is C16H26N2O. The van der Waals surface area contributed by atoms with E-state index in [-0.39, 0.29) is 0 Å². The van der Waals surface area contributed by atoms with Crippen LogP contribution in [-0.4, -0.2) is 32.3 Å². The van der Waals surface area contributed by atoms with Gasteiger partial charge in [0.2, 0.25) is 0 Å². The number of piperazine rings is 1. The second kappa shape index (κ2) is 6.29. The van der Waals surface area contributed by atoms with Crippen LogP contribution >= 0.6 is 0 Å². The van der Waals surface area contributed by atoms with Gasteiger partial charge in [0.15, 0.2) is 0 Å². The zero-order valence-electron chi connectivity index (χ0n) is 12.5. The van der Waals surface area contributed by atoms with Gasteiger partial charge in [0, 0.05) is 30.9 Å². The SMILES string of the molecule is COc1ccc(N2CC(CC(C)C)NCC2C)cc1. The Balaban J connectivity index is 2.07. The van der Waals surface area contributed by atoms with Crippen molar-refractivity contribution in [3.8, 4) is 5.75 Å². The molecule has 0 aromatic heterocycles. The Morgan fingerprint density at radius 1 is 1.32 bits per heavy atom. The van der Waals surface area contributed by atoms with Crippen molar-refractivity contribution in [2.45, 2.75) is 39.3 Å². The van der Waals surface area contributed by atoms with Crippen molar-refractivity contribution >= 4 is 5.69 Å². The summed E-state index contributed by atoms with van der Waals surface area (Å²) in [7, 11) is 1.71. The molecular weight excluding hydrogens is 236 g/mol. The fourth-order valence-electron chi connectivity index (χ4n) is 2.79. The Bertz CT molecular complexity index is 388. The van der Waals surface area contributed by atoms with Crippen LogP contribution in [0.5, 0.6) is 5.75 Å². The number of hydrogen-bond acceptors (Lipinski definition) is 3. The van der Waals surface area contributed by atoms with E-state index in [4.69, 9.17) is 4.74 Å². The minimum atomic E-state index is 0.539. The smallest absolute Gasteiger partial charge is 0.119 e. The van der Waals surface area contributed by atoms with Gasteiger partial charge in [-0.25, -0.2) is 0 Å². The van der Waals surface area contributed by atoms with Gasteiger partial charge in [-0.1, -0.05) is 13.8 Å². The molecule has 19 heavy (non-hydrogen) atoms. The van der Waals surface area contributed by atoms with Crippen molar-refractivity contribution in [2.75, 3.05) is 25.1 Å². The van der Waals surface area contributed by atoms with E-state index in [1.807, 2.05) is 12.1 Å². The van der Waals surface area contributed by atoms with E-state index in [1.165, 1.54) is 12.1 Å². The third kappa shape index (κ3) is 3.63. The molecule has 2 rings (SSSR count). The summed E-state index contributed by atoms with van der Waals surface area (Å²) >= 11 is 0. The highest BCUT2D eigenvalue weighted by Crippen LogP contribution is 2.24. The summed E-state index contributed by atoms with van der Waals surface area (Å²) in [6.07, 6.45) is 1.24. The Morgan fingerprint density at radius 3 is 2.58 bits per heavy atom. The summed E-state index contributed by atoms with van der Waals surface area (Å²) in [6.45, 7) is 9.01. The molecule has 1 aromatic rings. The first-order valence-corrected chi connectivity index (χ1v) is 7.24. The van der Waals surface area contributed by atoms with Crippen LogP contribution in [0.4, 0.5) is 5.69 Å². The third-order valence-corrected chi connectivity index (χ3v) is 3.81. The van der Waals surface area contributed by atoms with Crippen molar-refractivity contribution in [3.63, 3.8) is 0 Å². The maximum atomic E-state index is 5.23. The average Bonchev–Trinajstić information content (AvgIpc) is 2.40. The summed E-state index contributed by atoms with van der Waals surface area (Å²) in [5.74, 6) is 1.66. The van der Waals surface area contributed by atoms with E-state index >= 15 is 0 Å². The van der Waals surface area contributed by atoms with Crippen molar-refractivity contribution in [1.29, 1.82) is 0 Å². The Kier molecular flexibility index (Phi) is 4.70. The van der Waals surface area contributed by atoms with Crippen molar-refractivity contribution in [1.82, 2.24) is 5.32 Å². The largest absolute Gasteiger partial charge is 0.497 e. The summed E-state index contributed by atoms with van der Waals surface area (Å²) < 4.78 is 5.23. The summed E-state index contributed by atoms with van der Waals surface area (Å²) in [5.41, 5.74) is 1.29. The van der Waals surface area contributed by atoms with E-state index in [2.05, 4.69) is 43.1 Å². The minimum Gasteiger partial charge on any atom is -0.497 e. The van der Waals surface area contributed by atoms with E-state index < -0.39 is 0 Å². The molecule has 1 aromatic carbocycles. The van der Waals surface area contributed by atoms with Crippen molar-refractivity contribution < 1.29 is 4.74 Å². The molecule has 3 nitrogen and oxygen atoms in total. The first kappa shape index (κ1) is 14.2. The van der Waals surface area contributed by atoms with E-state index in [9.17, 15) is 0 Å². The molecule has 1 fully saturated rings. The van der Waals surface area contributed by atoms with E-state index in [1.54, 1.807) is 7.11 Å². The van der Waals surface area contributed by atoms with Crippen LogP contribution in [0.2, 0.25) is 0 Å². The lowest BCUT2D eigenvalue weighted by molar-refractivity contribution is 0.356. The molecule has 0 saturated carbocycles. The molecule has 1 N–H and O–H groups in total. The number of nitrogens with zero attached hydrogens (tertiary/aromatic N) is 1. The summed E-state index contributed by atoms with van der Waals surface area (Å²) in [6, 6.07) is 9.54. The van der Waals surface area contributed by atoms with Gasteiger partial charge in [0.25, 0.3) is 0 Å². The van der Waals surface area contributed by atoms with Crippen molar-refractivity contribution in [2.24, 2.45) is 5.92 Å². The molecule has 1 saturated heterocycles. The first-order chi connectivity index (χ1) is 9.10. The van der Waals surface area contributed by atoms with Gasteiger partial charge in [-0.15, -0.1) is 0 Å². The highest BCUT2D eigenvalue weighted by Gasteiger charge is 2.25. The van der Waals surface area contributed by atoms with Crippen LogP contribution in [0.15, 0.2) is 24.3 Å². The standard InChI is InChI=1S/C16H26N2O/c1-12(2)9-14-11-18(13(3)10-17-14)15-5-7-16(19-4)8-6-15/h5-8,12-14,17H,9-11H2,1-4H3. The first-order valence-electron chi connectivity index (χ1n) is 7.24. The highest BCUT2D eigenvalue weighted by molar-refractivity contribution is 5.50. The van der Waals surface area contributed by atoms with Crippen LogP contribution in [0, 0.1) is 5.92 Å². The second-order valence-electron chi connectivity index (χ2n) is 5.93. The predicted molar refractivity (Wildman–Crippen MR) is 81.0 cm³/mol. The number of ether oxygens (including phenoxy) is 1. The number of anilines is 1. The molecule has 0 bridgehead atoms. The third-order valence-electron chi connectivity index (χ3n) is 3.81. The number of rotatable bonds is 4. The monoisotopic (exact) mass is 262 g/mol. The predicted octanol–water partition coefficient (Wildman–Crippen LogP) is 2.91. The molecule has 1 aliphatic heterocycles. The molecule has 0 radical (unpaired) electrons.